The SMILES string of the molecule is CCN(c1ncnc(NN)c1C)C1CCCC1. The van der Waals surface area contributed by atoms with Crippen LogP contribution in [0.3, 0.4) is 0 Å². The highest BCUT2D eigenvalue weighted by Crippen LogP contribution is 2.30. The van der Waals surface area contributed by atoms with E-state index in [1.165, 1.54) is 25.7 Å². The van der Waals surface area contributed by atoms with Crippen molar-refractivity contribution in [1.29, 1.82) is 0 Å². The molecule has 1 saturated carbocycles. The van der Waals surface area contributed by atoms with E-state index in [2.05, 4.69) is 27.2 Å². The van der Waals surface area contributed by atoms with Crippen molar-refractivity contribution in [3.8, 4) is 0 Å². The fourth-order valence-corrected chi connectivity index (χ4v) is 2.67. The van der Waals surface area contributed by atoms with Crippen molar-refractivity contribution in [3.05, 3.63) is 11.9 Å². The fraction of sp³-hybridized carbons (Fsp3) is 0.667. The number of nitrogens with one attached hydrogen (secondary N) is 1. The van der Waals surface area contributed by atoms with Gasteiger partial charge in [-0.05, 0) is 26.7 Å². The van der Waals surface area contributed by atoms with Gasteiger partial charge in [0, 0.05) is 18.2 Å². The van der Waals surface area contributed by atoms with E-state index in [4.69, 9.17) is 5.84 Å². The third-order valence-electron chi connectivity index (χ3n) is 3.57. The number of anilines is 2. The number of rotatable bonds is 4. The van der Waals surface area contributed by atoms with Gasteiger partial charge in [0.2, 0.25) is 0 Å². The second kappa shape index (κ2) is 5.31. The Labute approximate surface area is 102 Å². The van der Waals surface area contributed by atoms with Gasteiger partial charge in [0.15, 0.2) is 0 Å². The van der Waals surface area contributed by atoms with E-state index in [0.29, 0.717) is 11.9 Å². The fourth-order valence-electron chi connectivity index (χ4n) is 2.67. The van der Waals surface area contributed by atoms with Crippen molar-refractivity contribution in [2.24, 2.45) is 5.84 Å². The van der Waals surface area contributed by atoms with E-state index < -0.39 is 0 Å². The summed E-state index contributed by atoms with van der Waals surface area (Å²) in [4.78, 5) is 10.9. The summed E-state index contributed by atoms with van der Waals surface area (Å²) in [5.41, 5.74) is 3.66. The van der Waals surface area contributed by atoms with Crippen LogP contribution in [0.2, 0.25) is 0 Å². The zero-order chi connectivity index (χ0) is 12.3. The molecule has 0 spiro atoms. The molecule has 1 fully saturated rings. The van der Waals surface area contributed by atoms with Crippen molar-refractivity contribution in [1.82, 2.24) is 9.97 Å². The Bertz CT molecular complexity index is 373. The van der Waals surface area contributed by atoms with Crippen molar-refractivity contribution >= 4 is 11.6 Å². The van der Waals surface area contributed by atoms with E-state index in [-0.39, 0.29) is 0 Å². The first-order valence-electron chi connectivity index (χ1n) is 6.32. The van der Waals surface area contributed by atoms with Gasteiger partial charge in [0.25, 0.3) is 0 Å². The third kappa shape index (κ3) is 2.34. The lowest BCUT2D eigenvalue weighted by Crippen LogP contribution is -2.34. The molecular formula is C12H21N5. The van der Waals surface area contributed by atoms with Crippen LogP contribution in [0.1, 0.15) is 38.2 Å². The number of aromatic nitrogens is 2. The predicted octanol–water partition coefficient (Wildman–Crippen LogP) is 1.84. The van der Waals surface area contributed by atoms with Crippen LogP contribution in [0.15, 0.2) is 6.33 Å². The number of hydrazine groups is 1. The van der Waals surface area contributed by atoms with Crippen LogP contribution in [-0.2, 0) is 0 Å². The lowest BCUT2D eigenvalue weighted by atomic mass is 10.2. The Kier molecular flexibility index (Phi) is 3.78. The van der Waals surface area contributed by atoms with Gasteiger partial charge >= 0.3 is 0 Å². The zero-order valence-electron chi connectivity index (χ0n) is 10.6. The minimum absolute atomic E-state index is 0.624. The molecule has 0 amide bonds. The van der Waals surface area contributed by atoms with Gasteiger partial charge < -0.3 is 10.3 Å². The molecule has 1 aliphatic carbocycles. The average Bonchev–Trinajstić information content (AvgIpc) is 2.86. The molecule has 0 bridgehead atoms. The number of nitrogens with two attached hydrogens (primary N) is 1. The molecule has 1 heterocycles. The Morgan fingerprint density at radius 3 is 2.71 bits per heavy atom. The molecule has 0 atom stereocenters. The Morgan fingerprint density at radius 1 is 1.41 bits per heavy atom. The van der Waals surface area contributed by atoms with Crippen molar-refractivity contribution < 1.29 is 0 Å². The molecule has 0 aliphatic heterocycles. The molecular weight excluding hydrogens is 214 g/mol. The molecule has 0 aromatic carbocycles. The summed E-state index contributed by atoms with van der Waals surface area (Å²) >= 11 is 0. The third-order valence-corrected chi connectivity index (χ3v) is 3.57. The lowest BCUT2D eigenvalue weighted by molar-refractivity contribution is 0.611. The predicted molar refractivity (Wildman–Crippen MR) is 69.9 cm³/mol. The largest absolute Gasteiger partial charge is 0.354 e. The monoisotopic (exact) mass is 235 g/mol. The minimum atomic E-state index is 0.624. The topological polar surface area (TPSA) is 67.1 Å². The van der Waals surface area contributed by atoms with Crippen LogP contribution >= 0.6 is 0 Å². The molecule has 2 rings (SSSR count). The van der Waals surface area contributed by atoms with Crippen molar-refractivity contribution in [2.45, 2.75) is 45.6 Å². The summed E-state index contributed by atoms with van der Waals surface area (Å²) in [6, 6.07) is 0.624. The maximum atomic E-state index is 5.46. The molecule has 94 valence electrons. The molecule has 1 aliphatic rings. The smallest absolute Gasteiger partial charge is 0.148 e. The highest BCUT2D eigenvalue weighted by Gasteiger charge is 2.24. The minimum Gasteiger partial charge on any atom is -0.354 e. The van der Waals surface area contributed by atoms with Gasteiger partial charge in [-0.1, -0.05) is 12.8 Å². The first kappa shape index (κ1) is 12.1. The molecule has 0 unspecified atom stereocenters. The molecule has 5 heteroatoms. The summed E-state index contributed by atoms with van der Waals surface area (Å²) in [5, 5.41) is 0. The summed E-state index contributed by atoms with van der Waals surface area (Å²) in [6.07, 6.45) is 6.76. The van der Waals surface area contributed by atoms with Crippen LogP contribution in [0, 0.1) is 6.92 Å². The lowest BCUT2D eigenvalue weighted by Gasteiger charge is -2.30. The summed E-state index contributed by atoms with van der Waals surface area (Å²) in [6.45, 7) is 5.17. The summed E-state index contributed by atoms with van der Waals surface area (Å²) < 4.78 is 0. The van der Waals surface area contributed by atoms with Crippen molar-refractivity contribution in [2.75, 3.05) is 16.9 Å². The second-order valence-electron chi connectivity index (χ2n) is 4.54. The average molecular weight is 235 g/mol. The van der Waals surface area contributed by atoms with E-state index >= 15 is 0 Å². The molecule has 17 heavy (non-hydrogen) atoms. The van der Waals surface area contributed by atoms with Gasteiger partial charge in [-0.2, -0.15) is 0 Å². The van der Waals surface area contributed by atoms with Crippen molar-refractivity contribution in [3.63, 3.8) is 0 Å². The highest BCUT2D eigenvalue weighted by molar-refractivity contribution is 5.57. The van der Waals surface area contributed by atoms with Gasteiger partial charge in [-0.25, -0.2) is 15.8 Å². The van der Waals surface area contributed by atoms with Crippen LogP contribution in [0.5, 0.6) is 0 Å². The highest BCUT2D eigenvalue weighted by atomic mass is 15.3. The van der Waals surface area contributed by atoms with E-state index in [1.54, 1.807) is 6.33 Å². The van der Waals surface area contributed by atoms with Crippen LogP contribution in [-0.4, -0.2) is 22.6 Å². The zero-order valence-corrected chi connectivity index (χ0v) is 10.6. The maximum Gasteiger partial charge on any atom is 0.148 e. The number of hydrogen-bond donors (Lipinski definition) is 2. The number of nitrogens with zero attached hydrogens (tertiary/aromatic N) is 3. The first-order chi connectivity index (χ1) is 8.27. The molecule has 1 aromatic rings. The van der Waals surface area contributed by atoms with Crippen LogP contribution in [0.4, 0.5) is 11.6 Å². The summed E-state index contributed by atoms with van der Waals surface area (Å²) in [5.74, 6) is 7.19. The van der Waals surface area contributed by atoms with E-state index in [0.717, 1.165) is 17.9 Å². The first-order valence-corrected chi connectivity index (χ1v) is 6.32. The molecule has 3 N–H and O–H groups in total. The van der Waals surface area contributed by atoms with Gasteiger partial charge in [0.05, 0.1) is 0 Å². The number of hydrogen-bond acceptors (Lipinski definition) is 5. The Hall–Kier alpha value is -1.36. The van der Waals surface area contributed by atoms with Gasteiger partial charge in [-0.3, -0.25) is 0 Å². The van der Waals surface area contributed by atoms with Gasteiger partial charge in [-0.15, -0.1) is 0 Å². The molecule has 0 radical (unpaired) electrons. The van der Waals surface area contributed by atoms with Crippen LogP contribution in [0.25, 0.3) is 0 Å². The number of nitrogen functional groups attached to an aromatic ring is 1. The van der Waals surface area contributed by atoms with E-state index in [9.17, 15) is 0 Å². The molecule has 5 nitrogen and oxygen atoms in total. The standard InChI is InChI=1S/C12H21N5/c1-3-17(10-6-4-5-7-10)12-9(2)11(16-13)14-8-15-12/h8,10H,3-7,13H2,1-2H3,(H,14,15,16). The van der Waals surface area contributed by atoms with E-state index in [1.807, 2.05) is 6.92 Å². The molecule has 0 saturated heterocycles. The normalized spacial score (nSPS) is 16.2. The quantitative estimate of drug-likeness (QED) is 0.615. The molecule has 1 aromatic heterocycles. The van der Waals surface area contributed by atoms with Crippen LogP contribution < -0.4 is 16.2 Å². The Morgan fingerprint density at radius 2 is 2.12 bits per heavy atom. The summed E-state index contributed by atoms with van der Waals surface area (Å²) in [7, 11) is 0. The Balaban J connectivity index is 2.29. The van der Waals surface area contributed by atoms with Gasteiger partial charge in [0.1, 0.15) is 18.0 Å². The maximum absolute atomic E-state index is 5.46. The second-order valence-corrected chi connectivity index (χ2v) is 4.54.